The van der Waals surface area contributed by atoms with Crippen LogP contribution in [0.3, 0.4) is 0 Å². The van der Waals surface area contributed by atoms with E-state index in [1.54, 1.807) is 0 Å². The van der Waals surface area contributed by atoms with Crippen LogP contribution in [0.15, 0.2) is 29.8 Å². The molecule has 0 aliphatic carbocycles. The first-order valence-corrected chi connectivity index (χ1v) is 6.37. The number of rotatable bonds is 7. The van der Waals surface area contributed by atoms with Gasteiger partial charge in [-0.05, 0) is 44.5 Å². The molecule has 0 aromatic heterocycles. The Hall–Kier alpha value is -1.28. The van der Waals surface area contributed by atoms with Gasteiger partial charge in [0.25, 0.3) is 0 Å². The lowest BCUT2D eigenvalue weighted by Crippen LogP contribution is -2.16. The lowest BCUT2D eigenvalue weighted by atomic mass is 10.1. The Bertz CT molecular complexity index is 340. The molecule has 0 bridgehead atoms. The number of hydrogen-bond acceptors (Lipinski definition) is 2. The lowest BCUT2D eigenvalue weighted by molar-refractivity contribution is 0.340. The molecule has 0 radical (unpaired) electrons. The van der Waals surface area contributed by atoms with Crippen molar-refractivity contribution in [3.05, 3.63) is 35.4 Å². The summed E-state index contributed by atoms with van der Waals surface area (Å²) in [5.41, 5.74) is 2.58. The van der Waals surface area contributed by atoms with Gasteiger partial charge in [-0.3, -0.25) is 0 Å². The molecule has 0 saturated heterocycles. The molecule has 17 heavy (non-hydrogen) atoms. The monoisotopic (exact) mass is 233 g/mol. The second-order valence-corrected chi connectivity index (χ2v) is 4.17. The highest BCUT2D eigenvalue weighted by atomic mass is 16.5. The van der Waals surface area contributed by atoms with Gasteiger partial charge in [-0.1, -0.05) is 30.7 Å². The zero-order valence-corrected chi connectivity index (χ0v) is 11.1. The summed E-state index contributed by atoms with van der Waals surface area (Å²) in [5.74, 6) is 0.936. The summed E-state index contributed by atoms with van der Waals surface area (Å²) >= 11 is 0. The van der Waals surface area contributed by atoms with E-state index in [0.717, 1.165) is 25.4 Å². The van der Waals surface area contributed by atoms with E-state index in [0.29, 0.717) is 0 Å². The van der Waals surface area contributed by atoms with Gasteiger partial charge in [0.05, 0.1) is 6.61 Å². The van der Waals surface area contributed by atoms with Crippen LogP contribution in [0.4, 0.5) is 0 Å². The van der Waals surface area contributed by atoms with Crippen LogP contribution in [-0.2, 0) is 0 Å². The largest absolute Gasteiger partial charge is 0.494 e. The molecule has 0 saturated carbocycles. The molecule has 0 amide bonds. The van der Waals surface area contributed by atoms with Gasteiger partial charge >= 0.3 is 0 Å². The maximum absolute atomic E-state index is 5.41. The molecular formula is C15H23NO. The molecule has 2 nitrogen and oxygen atoms in total. The van der Waals surface area contributed by atoms with Gasteiger partial charge < -0.3 is 10.1 Å². The minimum absolute atomic E-state index is 0.717. The lowest BCUT2D eigenvalue weighted by Gasteiger charge is -2.05. The molecule has 0 aliphatic rings. The molecule has 94 valence electrons. The van der Waals surface area contributed by atoms with Crippen molar-refractivity contribution in [1.82, 2.24) is 5.32 Å². The molecule has 1 aromatic carbocycles. The van der Waals surface area contributed by atoms with Gasteiger partial charge in [0.1, 0.15) is 5.75 Å². The van der Waals surface area contributed by atoms with Crippen LogP contribution in [0.1, 0.15) is 32.8 Å². The van der Waals surface area contributed by atoms with Crippen LogP contribution in [0.25, 0.3) is 6.08 Å². The fraction of sp³-hybridized carbons (Fsp3) is 0.467. The van der Waals surface area contributed by atoms with Crippen LogP contribution in [0, 0.1) is 0 Å². The van der Waals surface area contributed by atoms with Gasteiger partial charge in [-0.15, -0.1) is 0 Å². The minimum Gasteiger partial charge on any atom is -0.494 e. The van der Waals surface area contributed by atoms with E-state index in [-0.39, 0.29) is 0 Å². The standard InChI is InChI=1S/C15H23NO/c1-4-10-16-12-13(3)11-14-6-8-15(9-7-14)17-5-2/h6-9,11,16H,4-5,10,12H2,1-3H3. The maximum atomic E-state index is 5.41. The summed E-state index contributed by atoms with van der Waals surface area (Å²) in [6.45, 7) is 9.08. The van der Waals surface area contributed by atoms with Crippen LogP contribution in [0.5, 0.6) is 5.75 Å². The van der Waals surface area contributed by atoms with Crippen molar-refractivity contribution in [2.24, 2.45) is 0 Å². The number of ether oxygens (including phenoxy) is 1. The molecule has 0 aliphatic heterocycles. The molecule has 0 heterocycles. The Kier molecular flexibility index (Phi) is 6.41. The fourth-order valence-electron chi connectivity index (χ4n) is 1.62. The third-order valence-electron chi connectivity index (χ3n) is 2.43. The SMILES string of the molecule is CCCNCC(C)=Cc1ccc(OCC)cc1. The molecule has 1 aromatic rings. The van der Waals surface area contributed by atoms with Crippen LogP contribution in [0.2, 0.25) is 0 Å². The Morgan fingerprint density at radius 2 is 1.94 bits per heavy atom. The average molecular weight is 233 g/mol. The smallest absolute Gasteiger partial charge is 0.119 e. The average Bonchev–Trinajstić information content (AvgIpc) is 2.32. The van der Waals surface area contributed by atoms with Crippen LogP contribution in [-0.4, -0.2) is 19.7 Å². The molecule has 0 atom stereocenters. The van der Waals surface area contributed by atoms with Crippen molar-refractivity contribution in [3.63, 3.8) is 0 Å². The molecule has 1 rings (SSSR count). The van der Waals surface area contributed by atoms with Crippen molar-refractivity contribution in [3.8, 4) is 5.75 Å². The zero-order valence-electron chi connectivity index (χ0n) is 11.1. The van der Waals surface area contributed by atoms with Crippen LogP contribution >= 0.6 is 0 Å². The normalized spacial score (nSPS) is 11.6. The van der Waals surface area contributed by atoms with Crippen molar-refractivity contribution in [2.45, 2.75) is 27.2 Å². The predicted octanol–water partition coefficient (Wildman–Crippen LogP) is 3.49. The summed E-state index contributed by atoms with van der Waals surface area (Å²) < 4.78 is 5.41. The van der Waals surface area contributed by atoms with E-state index in [1.165, 1.54) is 17.6 Å². The predicted molar refractivity (Wildman–Crippen MR) is 74.4 cm³/mol. The number of benzene rings is 1. The van der Waals surface area contributed by atoms with Gasteiger partial charge in [-0.2, -0.15) is 0 Å². The molecule has 2 heteroatoms. The quantitative estimate of drug-likeness (QED) is 0.728. The van der Waals surface area contributed by atoms with E-state index < -0.39 is 0 Å². The van der Waals surface area contributed by atoms with Gasteiger partial charge in [0, 0.05) is 6.54 Å². The highest BCUT2D eigenvalue weighted by Gasteiger charge is 1.94. The second-order valence-electron chi connectivity index (χ2n) is 4.17. The molecule has 1 N–H and O–H groups in total. The Balaban J connectivity index is 2.51. The third-order valence-corrected chi connectivity index (χ3v) is 2.43. The molecule has 0 unspecified atom stereocenters. The maximum Gasteiger partial charge on any atom is 0.119 e. The molecule has 0 spiro atoms. The second kappa shape index (κ2) is 7.91. The third kappa shape index (κ3) is 5.55. The Morgan fingerprint density at radius 1 is 1.24 bits per heavy atom. The molecule has 0 fully saturated rings. The summed E-state index contributed by atoms with van der Waals surface area (Å²) in [7, 11) is 0. The fourth-order valence-corrected chi connectivity index (χ4v) is 1.62. The first-order chi connectivity index (χ1) is 8.26. The molecular weight excluding hydrogens is 210 g/mol. The van der Waals surface area contributed by atoms with E-state index in [9.17, 15) is 0 Å². The topological polar surface area (TPSA) is 21.3 Å². The summed E-state index contributed by atoms with van der Waals surface area (Å²) in [5, 5.41) is 3.39. The minimum atomic E-state index is 0.717. The van der Waals surface area contributed by atoms with Crippen molar-refractivity contribution < 1.29 is 4.74 Å². The summed E-state index contributed by atoms with van der Waals surface area (Å²) in [4.78, 5) is 0. The first-order valence-electron chi connectivity index (χ1n) is 6.37. The summed E-state index contributed by atoms with van der Waals surface area (Å²) in [6.07, 6.45) is 3.38. The number of nitrogens with one attached hydrogen (secondary N) is 1. The Morgan fingerprint density at radius 3 is 2.53 bits per heavy atom. The van der Waals surface area contributed by atoms with Crippen molar-refractivity contribution in [1.29, 1.82) is 0 Å². The van der Waals surface area contributed by atoms with Gasteiger partial charge in [0.2, 0.25) is 0 Å². The van der Waals surface area contributed by atoms with E-state index in [2.05, 4.69) is 37.4 Å². The van der Waals surface area contributed by atoms with E-state index in [1.807, 2.05) is 19.1 Å². The van der Waals surface area contributed by atoms with E-state index >= 15 is 0 Å². The number of hydrogen-bond donors (Lipinski definition) is 1. The highest BCUT2D eigenvalue weighted by Crippen LogP contribution is 2.14. The van der Waals surface area contributed by atoms with Gasteiger partial charge in [-0.25, -0.2) is 0 Å². The van der Waals surface area contributed by atoms with E-state index in [4.69, 9.17) is 4.74 Å². The highest BCUT2D eigenvalue weighted by molar-refractivity contribution is 5.53. The van der Waals surface area contributed by atoms with Gasteiger partial charge in [0.15, 0.2) is 0 Å². The summed E-state index contributed by atoms with van der Waals surface area (Å²) in [6, 6.07) is 8.22. The zero-order chi connectivity index (χ0) is 12.5. The van der Waals surface area contributed by atoms with Crippen molar-refractivity contribution >= 4 is 6.08 Å². The van der Waals surface area contributed by atoms with Crippen LogP contribution < -0.4 is 10.1 Å². The Labute approximate surface area is 105 Å². The first kappa shape index (κ1) is 13.8. The van der Waals surface area contributed by atoms with Crippen molar-refractivity contribution in [2.75, 3.05) is 19.7 Å².